The van der Waals surface area contributed by atoms with Crippen LogP contribution >= 0.6 is 22.9 Å². The zero-order valence-electron chi connectivity index (χ0n) is 19.3. The molecule has 1 aromatic heterocycles. The average Bonchev–Trinajstić information content (AvgIpc) is 3.33. The number of ether oxygens (including phenoxy) is 4. The van der Waals surface area contributed by atoms with Gasteiger partial charge in [0.05, 0.1) is 19.2 Å². The van der Waals surface area contributed by atoms with Crippen LogP contribution in [-0.2, 0) is 11.2 Å². The molecule has 182 valence electrons. The van der Waals surface area contributed by atoms with Gasteiger partial charge in [-0.25, -0.2) is 0 Å². The van der Waals surface area contributed by atoms with Crippen molar-refractivity contribution in [3.8, 4) is 29.1 Å². The predicted molar refractivity (Wildman–Crippen MR) is 133 cm³/mol. The number of aromatic nitrogens is 2. The zero-order chi connectivity index (χ0) is 25.2. The molecular weight excluding hydrogens is 492 g/mol. The van der Waals surface area contributed by atoms with Crippen LogP contribution in [0.3, 0.4) is 0 Å². The van der Waals surface area contributed by atoms with Crippen molar-refractivity contribution < 1.29 is 23.7 Å². The van der Waals surface area contributed by atoms with E-state index in [2.05, 4.69) is 15.5 Å². The van der Waals surface area contributed by atoms with Crippen molar-refractivity contribution in [2.75, 3.05) is 32.8 Å². The Hall–Kier alpha value is -3.81. The molecular formula is C24H23ClN4O5S. The number of hydrogen-bond acceptors (Lipinski definition) is 9. The van der Waals surface area contributed by atoms with E-state index in [-0.39, 0.29) is 23.8 Å². The summed E-state index contributed by atoms with van der Waals surface area (Å²) in [7, 11) is 3.04. The topological polar surface area (TPSA) is 116 Å². The van der Waals surface area contributed by atoms with E-state index in [9.17, 15) is 10.1 Å². The third kappa shape index (κ3) is 6.85. The number of benzene rings is 2. The molecule has 0 aliphatic rings. The summed E-state index contributed by atoms with van der Waals surface area (Å²) in [5, 5.41) is 21.3. The highest BCUT2D eigenvalue weighted by Gasteiger charge is 2.16. The first-order valence-electron chi connectivity index (χ1n) is 10.5. The van der Waals surface area contributed by atoms with Gasteiger partial charge in [0.25, 0.3) is 5.91 Å². The molecule has 0 bridgehead atoms. The Bertz CT molecular complexity index is 1250. The van der Waals surface area contributed by atoms with Crippen molar-refractivity contribution in [1.82, 2.24) is 10.2 Å². The van der Waals surface area contributed by atoms with E-state index in [1.165, 1.54) is 24.5 Å². The van der Waals surface area contributed by atoms with E-state index in [4.69, 9.17) is 30.5 Å². The van der Waals surface area contributed by atoms with Crippen molar-refractivity contribution in [2.24, 2.45) is 0 Å². The van der Waals surface area contributed by atoms with Gasteiger partial charge >= 0.3 is 0 Å². The maximum Gasteiger partial charge on any atom is 0.268 e. The first-order chi connectivity index (χ1) is 17.0. The lowest BCUT2D eigenvalue weighted by molar-refractivity contribution is -0.112. The summed E-state index contributed by atoms with van der Waals surface area (Å²) in [6.07, 6.45) is 2.11. The Morgan fingerprint density at radius 2 is 1.83 bits per heavy atom. The Balaban J connectivity index is 1.69. The Labute approximate surface area is 211 Å². The number of aryl methyl sites for hydroxylation is 1. The zero-order valence-corrected chi connectivity index (χ0v) is 20.9. The number of para-hydroxylation sites is 2. The van der Waals surface area contributed by atoms with Gasteiger partial charge < -0.3 is 18.9 Å². The van der Waals surface area contributed by atoms with E-state index in [0.717, 1.165) is 5.01 Å². The number of halogens is 1. The van der Waals surface area contributed by atoms with Crippen molar-refractivity contribution in [3.63, 3.8) is 0 Å². The molecule has 3 rings (SSSR count). The summed E-state index contributed by atoms with van der Waals surface area (Å²) < 4.78 is 22.1. The van der Waals surface area contributed by atoms with Crippen LogP contribution in [0.5, 0.6) is 23.0 Å². The quantitative estimate of drug-likeness (QED) is 0.221. The molecule has 0 radical (unpaired) electrons. The Morgan fingerprint density at radius 3 is 2.49 bits per heavy atom. The van der Waals surface area contributed by atoms with Gasteiger partial charge in [-0.2, -0.15) is 5.26 Å². The van der Waals surface area contributed by atoms with E-state index >= 15 is 0 Å². The SMILES string of the molecule is CCc1nnc(NC(=O)C(C#N)=Cc2cc(Cl)c(OCCOc3ccccc3OC)c(OC)c2)s1. The highest BCUT2D eigenvalue weighted by Crippen LogP contribution is 2.37. The van der Waals surface area contributed by atoms with Gasteiger partial charge in [0, 0.05) is 0 Å². The van der Waals surface area contributed by atoms with Crippen LogP contribution in [0, 0.1) is 11.3 Å². The first kappa shape index (κ1) is 25.8. The number of nitrogens with zero attached hydrogens (tertiary/aromatic N) is 3. The lowest BCUT2D eigenvalue weighted by Crippen LogP contribution is -2.13. The van der Waals surface area contributed by atoms with Crippen LogP contribution in [0.15, 0.2) is 42.0 Å². The minimum absolute atomic E-state index is 0.129. The molecule has 0 spiro atoms. The second-order valence-electron chi connectivity index (χ2n) is 6.86. The molecule has 1 amide bonds. The van der Waals surface area contributed by atoms with E-state index in [0.29, 0.717) is 40.1 Å². The second kappa shape index (κ2) is 12.6. The normalized spacial score (nSPS) is 10.9. The predicted octanol–water partition coefficient (Wildman–Crippen LogP) is 4.77. The lowest BCUT2D eigenvalue weighted by Gasteiger charge is -2.14. The van der Waals surface area contributed by atoms with Gasteiger partial charge in [-0.15, -0.1) is 10.2 Å². The highest BCUT2D eigenvalue weighted by atomic mass is 35.5. The van der Waals surface area contributed by atoms with Gasteiger partial charge in [0.2, 0.25) is 5.13 Å². The number of anilines is 1. The van der Waals surface area contributed by atoms with Crippen LogP contribution in [0.1, 0.15) is 17.5 Å². The monoisotopic (exact) mass is 514 g/mol. The molecule has 1 heterocycles. The number of rotatable bonds is 11. The smallest absolute Gasteiger partial charge is 0.268 e. The Kier molecular flexibility index (Phi) is 9.29. The minimum Gasteiger partial charge on any atom is -0.493 e. The van der Waals surface area contributed by atoms with E-state index < -0.39 is 5.91 Å². The molecule has 1 N–H and O–H groups in total. The minimum atomic E-state index is -0.602. The van der Waals surface area contributed by atoms with Crippen molar-refractivity contribution in [3.05, 3.63) is 57.6 Å². The molecule has 2 aromatic carbocycles. The van der Waals surface area contributed by atoms with Crippen LogP contribution in [-0.4, -0.2) is 43.5 Å². The lowest BCUT2D eigenvalue weighted by atomic mass is 10.1. The maximum atomic E-state index is 12.5. The number of nitriles is 1. The molecule has 0 unspecified atom stereocenters. The standard InChI is InChI=1S/C24H23ClN4O5S/c1-4-21-28-29-24(35-21)27-23(30)16(14-26)11-15-12-17(25)22(20(13-15)32-3)34-10-9-33-19-8-6-5-7-18(19)31-2/h5-8,11-13H,4,9-10H2,1-3H3,(H,27,29,30). The summed E-state index contributed by atoms with van der Waals surface area (Å²) in [6.45, 7) is 2.37. The fourth-order valence-corrected chi connectivity index (χ4v) is 3.87. The summed E-state index contributed by atoms with van der Waals surface area (Å²) in [4.78, 5) is 12.5. The first-order valence-corrected chi connectivity index (χ1v) is 11.7. The number of methoxy groups -OCH3 is 2. The molecule has 0 saturated carbocycles. The third-order valence-electron chi connectivity index (χ3n) is 4.57. The number of amides is 1. The third-order valence-corrected chi connectivity index (χ3v) is 5.84. The highest BCUT2D eigenvalue weighted by molar-refractivity contribution is 7.15. The molecule has 0 atom stereocenters. The molecule has 0 aliphatic heterocycles. The summed E-state index contributed by atoms with van der Waals surface area (Å²) in [6, 6.07) is 12.4. The maximum absolute atomic E-state index is 12.5. The Morgan fingerprint density at radius 1 is 1.11 bits per heavy atom. The van der Waals surface area contributed by atoms with Gasteiger partial charge in [-0.05, 0) is 42.3 Å². The fourth-order valence-electron chi connectivity index (χ4n) is 2.92. The van der Waals surface area contributed by atoms with Gasteiger partial charge in [-0.1, -0.05) is 42.0 Å². The molecule has 9 nitrogen and oxygen atoms in total. The number of carbonyl (C=O) groups excluding carboxylic acids is 1. The van der Waals surface area contributed by atoms with Gasteiger partial charge in [0.1, 0.15) is 29.9 Å². The molecule has 0 aliphatic carbocycles. The average molecular weight is 515 g/mol. The fraction of sp³-hybridized carbons (Fsp3) is 0.250. The summed E-state index contributed by atoms with van der Waals surface area (Å²) >= 11 is 7.67. The van der Waals surface area contributed by atoms with Crippen molar-refractivity contribution in [2.45, 2.75) is 13.3 Å². The van der Waals surface area contributed by atoms with Crippen LogP contribution < -0.4 is 24.3 Å². The summed E-state index contributed by atoms with van der Waals surface area (Å²) in [5.74, 6) is 1.27. The summed E-state index contributed by atoms with van der Waals surface area (Å²) in [5.41, 5.74) is 0.359. The number of carbonyl (C=O) groups is 1. The number of hydrogen-bond donors (Lipinski definition) is 1. The molecule has 3 aromatic rings. The molecule has 0 fully saturated rings. The second-order valence-corrected chi connectivity index (χ2v) is 8.33. The van der Waals surface area contributed by atoms with Gasteiger partial charge in [-0.3, -0.25) is 10.1 Å². The van der Waals surface area contributed by atoms with Crippen LogP contribution in [0.25, 0.3) is 6.08 Å². The van der Waals surface area contributed by atoms with E-state index in [1.807, 2.05) is 25.1 Å². The molecule has 35 heavy (non-hydrogen) atoms. The number of nitrogens with one attached hydrogen (secondary N) is 1. The van der Waals surface area contributed by atoms with E-state index in [1.54, 1.807) is 31.4 Å². The van der Waals surface area contributed by atoms with Crippen LogP contribution in [0.2, 0.25) is 5.02 Å². The van der Waals surface area contributed by atoms with Crippen molar-refractivity contribution in [1.29, 1.82) is 5.26 Å². The molecule has 0 saturated heterocycles. The van der Waals surface area contributed by atoms with Crippen LogP contribution in [0.4, 0.5) is 5.13 Å². The van der Waals surface area contributed by atoms with Crippen molar-refractivity contribution >= 4 is 40.1 Å². The largest absolute Gasteiger partial charge is 0.493 e. The van der Waals surface area contributed by atoms with Gasteiger partial charge in [0.15, 0.2) is 23.0 Å². The molecule has 11 heteroatoms.